The highest BCUT2D eigenvalue weighted by Crippen LogP contribution is 2.24. The van der Waals surface area contributed by atoms with Crippen LogP contribution in [0.15, 0.2) is 0 Å². The van der Waals surface area contributed by atoms with Gasteiger partial charge in [0.25, 0.3) is 6.47 Å². The second kappa shape index (κ2) is 5.68. The van der Waals surface area contributed by atoms with Gasteiger partial charge in [0.2, 0.25) is 0 Å². The Kier molecular flexibility index (Phi) is 5.27. The Morgan fingerprint density at radius 1 is 1.57 bits per heavy atom. The van der Waals surface area contributed by atoms with E-state index in [4.69, 9.17) is 12.6 Å². The SMILES string of the molecule is [B]C(OC=O)OC(=O)C(C)(C)CCC. The van der Waals surface area contributed by atoms with Crippen LogP contribution >= 0.6 is 0 Å². The highest BCUT2D eigenvalue weighted by atomic mass is 16.7. The van der Waals surface area contributed by atoms with Crippen molar-refractivity contribution in [3.8, 4) is 0 Å². The molecule has 0 saturated heterocycles. The van der Waals surface area contributed by atoms with Gasteiger partial charge in [-0.3, -0.25) is 9.59 Å². The van der Waals surface area contributed by atoms with Crippen molar-refractivity contribution >= 4 is 20.3 Å². The van der Waals surface area contributed by atoms with Crippen LogP contribution in [0.5, 0.6) is 0 Å². The molecule has 14 heavy (non-hydrogen) atoms. The first-order valence-electron chi connectivity index (χ1n) is 4.50. The molecule has 0 spiro atoms. The summed E-state index contributed by atoms with van der Waals surface area (Å²) < 4.78 is 8.93. The molecular formula is C9H15BO4. The minimum atomic E-state index is -1.31. The van der Waals surface area contributed by atoms with Gasteiger partial charge in [0.05, 0.1) is 5.41 Å². The van der Waals surface area contributed by atoms with Crippen LogP contribution in [0.1, 0.15) is 33.6 Å². The van der Waals surface area contributed by atoms with Crippen LogP contribution in [0, 0.1) is 5.41 Å². The molecule has 0 bridgehead atoms. The fourth-order valence-electron chi connectivity index (χ4n) is 1.07. The molecule has 0 aromatic carbocycles. The van der Waals surface area contributed by atoms with Crippen LogP contribution in [-0.4, -0.2) is 26.5 Å². The van der Waals surface area contributed by atoms with Crippen molar-refractivity contribution in [1.82, 2.24) is 0 Å². The Balaban J connectivity index is 4.11. The molecule has 0 heterocycles. The third-order valence-electron chi connectivity index (χ3n) is 1.84. The maximum atomic E-state index is 11.4. The normalized spacial score (nSPS) is 13.1. The van der Waals surface area contributed by atoms with E-state index in [2.05, 4.69) is 4.74 Å². The number of carbonyl (C=O) groups is 2. The van der Waals surface area contributed by atoms with Crippen LogP contribution in [0.2, 0.25) is 0 Å². The molecule has 0 saturated carbocycles. The summed E-state index contributed by atoms with van der Waals surface area (Å²) in [5, 5.41) is 0. The number of carbonyl (C=O) groups excluding carboxylic acids is 2. The van der Waals surface area contributed by atoms with Gasteiger partial charge in [0, 0.05) is 0 Å². The predicted molar refractivity (Wildman–Crippen MR) is 51.5 cm³/mol. The van der Waals surface area contributed by atoms with Gasteiger partial charge in [-0.1, -0.05) is 13.3 Å². The summed E-state index contributed by atoms with van der Waals surface area (Å²) in [7, 11) is 5.18. The van der Waals surface area contributed by atoms with Crippen molar-refractivity contribution in [3.63, 3.8) is 0 Å². The molecule has 0 aliphatic heterocycles. The van der Waals surface area contributed by atoms with Crippen LogP contribution in [0.3, 0.4) is 0 Å². The number of hydrogen-bond acceptors (Lipinski definition) is 4. The van der Waals surface area contributed by atoms with E-state index in [1.807, 2.05) is 6.92 Å². The Morgan fingerprint density at radius 2 is 2.14 bits per heavy atom. The van der Waals surface area contributed by atoms with Gasteiger partial charge < -0.3 is 9.47 Å². The maximum absolute atomic E-state index is 11.4. The molecule has 78 valence electrons. The summed E-state index contributed by atoms with van der Waals surface area (Å²) in [6, 6.07) is 0. The van der Waals surface area contributed by atoms with Gasteiger partial charge in [-0.2, -0.15) is 0 Å². The summed E-state index contributed by atoms with van der Waals surface area (Å²) in [6.45, 7) is 5.63. The van der Waals surface area contributed by atoms with Crippen LogP contribution in [-0.2, 0) is 19.1 Å². The lowest BCUT2D eigenvalue weighted by Crippen LogP contribution is -2.31. The van der Waals surface area contributed by atoms with Crippen molar-refractivity contribution in [3.05, 3.63) is 0 Å². The van der Waals surface area contributed by atoms with E-state index in [1.165, 1.54) is 0 Å². The quantitative estimate of drug-likeness (QED) is 0.276. The molecule has 1 atom stereocenters. The number of esters is 1. The first kappa shape index (κ1) is 13.0. The summed E-state index contributed by atoms with van der Waals surface area (Å²) in [6.07, 6.45) is 0.252. The Hall–Kier alpha value is -0.995. The molecule has 0 amide bonds. The third kappa shape index (κ3) is 4.30. The molecule has 5 heteroatoms. The zero-order chi connectivity index (χ0) is 11.2. The van der Waals surface area contributed by atoms with E-state index in [0.717, 1.165) is 6.42 Å². The topological polar surface area (TPSA) is 52.6 Å². The zero-order valence-corrected chi connectivity index (χ0v) is 8.78. The summed E-state index contributed by atoms with van der Waals surface area (Å²) in [4.78, 5) is 21.3. The van der Waals surface area contributed by atoms with Gasteiger partial charge >= 0.3 is 5.97 Å². The van der Waals surface area contributed by atoms with E-state index >= 15 is 0 Å². The molecule has 0 rings (SSSR count). The molecule has 2 radical (unpaired) electrons. The van der Waals surface area contributed by atoms with Crippen molar-refractivity contribution < 1.29 is 19.1 Å². The molecule has 0 aliphatic rings. The first-order valence-corrected chi connectivity index (χ1v) is 4.50. The van der Waals surface area contributed by atoms with E-state index < -0.39 is 17.6 Å². The van der Waals surface area contributed by atoms with Crippen molar-refractivity contribution in [2.45, 2.75) is 39.8 Å². The minimum absolute atomic E-state index is 0.144. The molecule has 0 N–H and O–H groups in total. The average molecular weight is 198 g/mol. The Morgan fingerprint density at radius 3 is 2.57 bits per heavy atom. The van der Waals surface area contributed by atoms with Gasteiger partial charge in [-0.15, -0.1) is 0 Å². The van der Waals surface area contributed by atoms with E-state index in [9.17, 15) is 9.59 Å². The lowest BCUT2D eigenvalue weighted by Gasteiger charge is -2.23. The molecule has 1 unspecified atom stereocenters. The monoisotopic (exact) mass is 198 g/mol. The van der Waals surface area contributed by atoms with Crippen molar-refractivity contribution in [2.75, 3.05) is 0 Å². The van der Waals surface area contributed by atoms with E-state index in [-0.39, 0.29) is 6.47 Å². The van der Waals surface area contributed by atoms with Gasteiger partial charge in [0.15, 0.2) is 14.0 Å². The number of ether oxygens (including phenoxy) is 2. The third-order valence-corrected chi connectivity index (χ3v) is 1.84. The fraction of sp³-hybridized carbons (Fsp3) is 0.778. The van der Waals surface area contributed by atoms with Gasteiger partial charge in [-0.25, -0.2) is 0 Å². The summed E-state index contributed by atoms with van der Waals surface area (Å²) in [5.41, 5.74) is -0.599. The smallest absolute Gasteiger partial charge is 0.313 e. The van der Waals surface area contributed by atoms with Crippen molar-refractivity contribution in [2.24, 2.45) is 5.41 Å². The minimum Gasteiger partial charge on any atom is -0.438 e. The standard InChI is InChI=1S/C9H15BO4/c1-4-5-9(2,3)7(12)14-8(10)13-6-11/h6,8H,4-5H2,1-3H3. The lowest BCUT2D eigenvalue weighted by atomic mass is 9.88. The Labute approximate surface area is 85.4 Å². The van der Waals surface area contributed by atoms with Crippen LogP contribution in [0.25, 0.3) is 0 Å². The molecule has 0 aromatic rings. The Bertz CT molecular complexity index is 203. The average Bonchev–Trinajstić information content (AvgIpc) is 2.04. The zero-order valence-electron chi connectivity index (χ0n) is 8.78. The predicted octanol–water partition coefficient (Wildman–Crippen LogP) is 0.981. The molecule has 0 fully saturated rings. The van der Waals surface area contributed by atoms with Crippen LogP contribution in [0.4, 0.5) is 0 Å². The number of rotatable bonds is 6. The second-order valence-corrected chi connectivity index (χ2v) is 3.64. The van der Waals surface area contributed by atoms with E-state index in [0.29, 0.717) is 6.42 Å². The molecule has 4 nitrogen and oxygen atoms in total. The summed E-state index contributed by atoms with van der Waals surface area (Å²) in [5.74, 6) is -0.464. The summed E-state index contributed by atoms with van der Waals surface area (Å²) >= 11 is 0. The second-order valence-electron chi connectivity index (χ2n) is 3.64. The lowest BCUT2D eigenvalue weighted by molar-refractivity contribution is -0.175. The molecular weight excluding hydrogens is 183 g/mol. The van der Waals surface area contributed by atoms with Crippen molar-refractivity contribution in [1.29, 1.82) is 0 Å². The number of hydrogen-bond donors (Lipinski definition) is 0. The largest absolute Gasteiger partial charge is 0.438 e. The maximum Gasteiger partial charge on any atom is 0.313 e. The highest BCUT2D eigenvalue weighted by molar-refractivity contribution is 6.11. The molecule has 0 aromatic heterocycles. The fourth-order valence-corrected chi connectivity index (χ4v) is 1.07. The van der Waals surface area contributed by atoms with Gasteiger partial charge in [0.1, 0.15) is 0 Å². The molecule has 0 aliphatic carbocycles. The van der Waals surface area contributed by atoms with Gasteiger partial charge in [-0.05, 0) is 20.3 Å². The van der Waals surface area contributed by atoms with E-state index in [1.54, 1.807) is 13.8 Å². The highest BCUT2D eigenvalue weighted by Gasteiger charge is 2.29. The van der Waals surface area contributed by atoms with Crippen LogP contribution < -0.4 is 0 Å². The first-order chi connectivity index (χ1) is 6.44.